The number of ether oxygens (including phenoxy) is 3. The van der Waals surface area contributed by atoms with Crippen LogP contribution in [0.1, 0.15) is 67.7 Å². The van der Waals surface area contributed by atoms with E-state index in [1.165, 1.54) is 0 Å². The second kappa shape index (κ2) is 10.1. The summed E-state index contributed by atoms with van der Waals surface area (Å²) in [5, 5.41) is 0. The molecule has 0 aromatic rings. The lowest BCUT2D eigenvalue weighted by Crippen LogP contribution is -2.49. The van der Waals surface area contributed by atoms with E-state index in [4.69, 9.17) is 14.2 Å². The summed E-state index contributed by atoms with van der Waals surface area (Å²) in [6.07, 6.45) is 8.06. The maximum absolute atomic E-state index is 13.0. The van der Waals surface area contributed by atoms with Gasteiger partial charge in [0.2, 0.25) is 5.60 Å². The van der Waals surface area contributed by atoms with Crippen LogP contribution in [-0.4, -0.2) is 35.7 Å². The van der Waals surface area contributed by atoms with Gasteiger partial charge in [0, 0.05) is 17.6 Å². The van der Waals surface area contributed by atoms with Crippen LogP contribution in [0.15, 0.2) is 46.6 Å². The second-order valence-corrected chi connectivity index (χ2v) is 8.59. The summed E-state index contributed by atoms with van der Waals surface area (Å²) in [6.45, 7) is 12.3. The Morgan fingerprint density at radius 2 is 1.71 bits per heavy atom. The van der Waals surface area contributed by atoms with Crippen LogP contribution in [0, 0.1) is 5.92 Å². The van der Waals surface area contributed by atoms with Gasteiger partial charge in [0.1, 0.15) is 12.2 Å². The van der Waals surface area contributed by atoms with E-state index in [9.17, 15) is 14.4 Å². The molecular formula is C25H34O6. The lowest BCUT2D eigenvalue weighted by Gasteiger charge is -2.34. The number of allylic oxidation sites excluding steroid dienone is 4. The molecule has 1 aliphatic heterocycles. The first-order valence-electron chi connectivity index (χ1n) is 10.8. The van der Waals surface area contributed by atoms with Gasteiger partial charge < -0.3 is 14.2 Å². The highest BCUT2D eigenvalue weighted by Crippen LogP contribution is 2.43. The van der Waals surface area contributed by atoms with Crippen molar-refractivity contribution in [2.75, 3.05) is 0 Å². The number of hydrogen-bond donors (Lipinski definition) is 0. The molecule has 31 heavy (non-hydrogen) atoms. The molecule has 0 spiro atoms. The van der Waals surface area contributed by atoms with Crippen molar-refractivity contribution in [3.63, 3.8) is 0 Å². The summed E-state index contributed by atoms with van der Waals surface area (Å²) < 4.78 is 17.3. The molecule has 0 unspecified atom stereocenters. The van der Waals surface area contributed by atoms with Crippen LogP contribution in [0.3, 0.4) is 0 Å². The number of carbonyl (C=O) groups excluding carboxylic acids is 3. The minimum atomic E-state index is -1.59. The third-order valence-corrected chi connectivity index (χ3v) is 6.12. The second-order valence-electron chi connectivity index (χ2n) is 8.59. The van der Waals surface area contributed by atoms with Crippen molar-refractivity contribution in [3.8, 4) is 0 Å². The zero-order valence-electron chi connectivity index (χ0n) is 19.6. The predicted molar refractivity (Wildman–Crippen MR) is 118 cm³/mol. The maximum atomic E-state index is 13.0. The van der Waals surface area contributed by atoms with Gasteiger partial charge in [-0.05, 0) is 67.4 Å². The molecule has 6 nitrogen and oxygen atoms in total. The molecule has 2 aliphatic rings. The van der Waals surface area contributed by atoms with Gasteiger partial charge in [0.25, 0.3) is 0 Å². The van der Waals surface area contributed by atoms with Crippen LogP contribution >= 0.6 is 0 Å². The van der Waals surface area contributed by atoms with Crippen molar-refractivity contribution in [1.29, 1.82) is 0 Å². The topological polar surface area (TPSA) is 78.9 Å². The third-order valence-electron chi connectivity index (χ3n) is 6.12. The Morgan fingerprint density at radius 1 is 1.10 bits per heavy atom. The predicted octanol–water partition coefficient (Wildman–Crippen LogP) is 4.75. The van der Waals surface area contributed by atoms with Gasteiger partial charge in [-0.2, -0.15) is 0 Å². The molecule has 4 atom stereocenters. The molecule has 0 bridgehead atoms. The zero-order valence-corrected chi connectivity index (χ0v) is 19.6. The molecule has 0 N–H and O–H groups in total. The van der Waals surface area contributed by atoms with E-state index in [0.717, 1.165) is 24.0 Å². The van der Waals surface area contributed by atoms with Gasteiger partial charge in [-0.15, -0.1) is 0 Å². The number of hydrogen-bond acceptors (Lipinski definition) is 6. The fraction of sp³-hybridized carbons (Fsp3) is 0.560. The molecule has 1 aliphatic carbocycles. The van der Waals surface area contributed by atoms with Gasteiger partial charge in [0.05, 0.1) is 5.92 Å². The standard InChI is InChI=1S/C25H34O6/c1-8-17(5)22(26)29-19-13-15(3)11-10-12-16(4)14-20-21(19)25(7,24(28)30-20)31-23(27)18(6)9-2/h8-9,12-13,19-21H,10-11,14H2,1-7H3/b15-13+,16-12+,17-8-,18-9-/t19-,20-,21-,25-/m1/s1. The molecule has 1 saturated heterocycles. The molecule has 0 aromatic carbocycles. The Labute approximate surface area is 185 Å². The first-order valence-corrected chi connectivity index (χ1v) is 10.8. The molecule has 0 amide bonds. The molecule has 6 heteroatoms. The van der Waals surface area contributed by atoms with E-state index in [1.54, 1.807) is 46.8 Å². The molecule has 0 radical (unpaired) electrons. The third kappa shape index (κ3) is 5.54. The van der Waals surface area contributed by atoms with Crippen LogP contribution in [-0.2, 0) is 28.6 Å². The smallest absolute Gasteiger partial charge is 0.351 e. The number of carbonyl (C=O) groups is 3. The monoisotopic (exact) mass is 430 g/mol. The fourth-order valence-electron chi connectivity index (χ4n) is 3.87. The minimum Gasteiger partial charge on any atom is -0.458 e. The minimum absolute atomic E-state index is 0.387. The fourth-order valence-corrected chi connectivity index (χ4v) is 3.87. The summed E-state index contributed by atoms with van der Waals surface area (Å²) in [5.41, 5.74) is 1.37. The van der Waals surface area contributed by atoms with E-state index < -0.39 is 41.6 Å². The first-order chi connectivity index (χ1) is 14.5. The molecule has 2 rings (SSSR count). The van der Waals surface area contributed by atoms with E-state index in [2.05, 4.69) is 6.08 Å². The Bertz CT molecular complexity index is 859. The number of rotatable bonds is 4. The maximum Gasteiger partial charge on any atom is 0.351 e. The molecule has 1 fully saturated rings. The number of esters is 3. The number of fused-ring (bicyclic) bond motifs is 1. The first kappa shape index (κ1) is 24.6. The van der Waals surface area contributed by atoms with Gasteiger partial charge in [-0.1, -0.05) is 29.4 Å². The summed E-state index contributed by atoms with van der Waals surface area (Å²) >= 11 is 0. The zero-order chi connectivity index (χ0) is 23.3. The van der Waals surface area contributed by atoms with Crippen molar-refractivity contribution < 1.29 is 28.6 Å². The van der Waals surface area contributed by atoms with Gasteiger partial charge in [-0.3, -0.25) is 0 Å². The molecule has 170 valence electrons. The van der Waals surface area contributed by atoms with Crippen LogP contribution in [0.5, 0.6) is 0 Å². The van der Waals surface area contributed by atoms with Crippen molar-refractivity contribution in [2.24, 2.45) is 5.92 Å². The van der Waals surface area contributed by atoms with Crippen LogP contribution in [0.2, 0.25) is 0 Å². The molecule has 0 saturated carbocycles. The van der Waals surface area contributed by atoms with E-state index in [0.29, 0.717) is 17.6 Å². The summed E-state index contributed by atoms with van der Waals surface area (Å²) in [4.78, 5) is 38.3. The average Bonchev–Trinajstić information content (AvgIpc) is 2.94. The normalized spacial score (nSPS) is 33.3. The van der Waals surface area contributed by atoms with Gasteiger partial charge in [-0.25, -0.2) is 14.4 Å². The molecule has 0 aromatic heterocycles. The van der Waals surface area contributed by atoms with Crippen molar-refractivity contribution in [3.05, 3.63) is 46.6 Å². The molecule has 1 heterocycles. The van der Waals surface area contributed by atoms with Crippen LogP contribution in [0.25, 0.3) is 0 Å². The summed E-state index contributed by atoms with van der Waals surface area (Å²) in [5.74, 6) is -2.38. The largest absolute Gasteiger partial charge is 0.458 e. The highest BCUT2D eigenvalue weighted by molar-refractivity contribution is 5.92. The SMILES string of the molecule is C/C=C(/C)C(=O)O[C@@H]1/C=C(\C)CC/C=C(\C)C[C@H]2OC(=O)[C@](C)(OC(=O)/C(C)=C\C)[C@H]12. The van der Waals surface area contributed by atoms with Gasteiger partial charge >= 0.3 is 17.9 Å². The summed E-state index contributed by atoms with van der Waals surface area (Å²) in [6, 6.07) is 0. The highest BCUT2D eigenvalue weighted by Gasteiger charge is 2.60. The van der Waals surface area contributed by atoms with E-state index in [1.807, 2.05) is 19.9 Å². The Hall–Kier alpha value is -2.63. The lowest BCUT2D eigenvalue weighted by atomic mass is 9.79. The van der Waals surface area contributed by atoms with E-state index >= 15 is 0 Å². The van der Waals surface area contributed by atoms with Crippen molar-refractivity contribution >= 4 is 17.9 Å². The van der Waals surface area contributed by atoms with E-state index in [-0.39, 0.29) is 0 Å². The summed E-state index contributed by atoms with van der Waals surface area (Å²) in [7, 11) is 0. The quantitative estimate of drug-likeness (QED) is 0.277. The lowest BCUT2D eigenvalue weighted by molar-refractivity contribution is -0.174. The van der Waals surface area contributed by atoms with Crippen molar-refractivity contribution in [2.45, 2.75) is 85.5 Å². The Balaban J connectivity index is 2.57. The Morgan fingerprint density at radius 3 is 2.32 bits per heavy atom. The Kier molecular flexibility index (Phi) is 8.04. The van der Waals surface area contributed by atoms with Crippen molar-refractivity contribution in [1.82, 2.24) is 0 Å². The highest BCUT2D eigenvalue weighted by atomic mass is 16.6. The van der Waals surface area contributed by atoms with Crippen LogP contribution < -0.4 is 0 Å². The average molecular weight is 431 g/mol. The molecular weight excluding hydrogens is 396 g/mol. The van der Waals surface area contributed by atoms with Crippen LogP contribution in [0.4, 0.5) is 0 Å². The van der Waals surface area contributed by atoms with Gasteiger partial charge in [0.15, 0.2) is 0 Å².